The average Bonchev–Trinajstić information content (AvgIpc) is 2.18. The molecule has 0 aliphatic rings. The molecule has 0 fully saturated rings. The van der Waals surface area contributed by atoms with Gasteiger partial charge in [-0.1, -0.05) is 37.3 Å². The molecule has 0 aliphatic heterocycles. The molecule has 0 bridgehead atoms. The first kappa shape index (κ1) is 8.94. The van der Waals surface area contributed by atoms with Crippen molar-refractivity contribution in [1.29, 1.82) is 0 Å². The number of nitrogens with two attached hydrogens (primary N) is 1. The van der Waals surface area contributed by atoms with Gasteiger partial charge in [0.15, 0.2) is 0 Å². The lowest BCUT2D eigenvalue weighted by atomic mass is 9.90. The van der Waals surface area contributed by atoms with Gasteiger partial charge in [-0.05, 0) is 12.0 Å². The van der Waals surface area contributed by atoms with Crippen molar-refractivity contribution < 1.29 is 4.79 Å². The molecule has 2 heteroatoms. The number of rotatable bonds is 3. The molecule has 0 spiro atoms. The van der Waals surface area contributed by atoms with Gasteiger partial charge >= 0.3 is 0 Å². The molecule has 0 aromatic heterocycles. The molecule has 12 heavy (non-hydrogen) atoms. The standard InChI is InChI=1S/C10H13NO/c1-2-10(11,8-12)9-6-4-3-5-7-9/h3-8H,2,11H2,1H3/t10-/m1/s1. The van der Waals surface area contributed by atoms with E-state index in [1.165, 1.54) is 0 Å². The highest BCUT2D eigenvalue weighted by atomic mass is 16.1. The van der Waals surface area contributed by atoms with Crippen LogP contribution >= 0.6 is 0 Å². The summed E-state index contributed by atoms with van der Waals surface area (Å²) in [5.74, 6) is 0. The average molecular weight is 163 g/mol. The monoisotopic (exact) mass is 163 g/mol. The van der Waals surface area contributed by atoms with E-state index in [0.717, 1.165) is 11.8 Å². The normalized spacial score (nSPS) is 15.2. The van der Waals surface area contributed by atoms with Crippen molar-refractivity contribution in [3.63, 3.8) is 0 Å². The van der Waals surface area contributed by atoms with Crippen LogP contribution in [0.5, 0.6) is 0 Å². The smallest absolute Gasteiger partial charge is 0.144 e. The molecule has 64 valence electrons. The minimum absolute atomic E-state index is 0.626. The highest BCUT2D eigenvalue weighted by molar-refractivity contribution is 5.67. The topological polar surface area (TPSA) is 43.1 Å². The van der Waals surface area contributed by atoms with E-state index in [4.69, 9.17) is 5.73 Å². The number of benzene rings is 1. The predicted octanol–water partition coefficient (Wildman–Crippen LogP) is 1.45. The summed E-state index contributed by atoms with van der Waals surface area (Å²) in [7, 11) is 0. The molecule has 2 N–H and O–H groups in total. The van der Waals surface area contributed by atoms with Crippen LogP contribution in [-0.2, 0) is 10.3 Å². The molecule has 0 unspecified atom stereocenters. The number of hydrogen-bond acceptors (Lipinski definition) is 2. The van der Waals surface area contributed by atoms with Crippen molar-refractivity contribution in [2.75, 3.05) is 0 Å². The second kappa shape index (κ2) is 3.50. The molecule has 0 radical (unpaired) electrons. The predicted molar refractivity (Wildman–Crippen MR) is 48.7 cm³/mol. The van der Waals surface area contributed by atoms with Gasteiger partial charge in [0.05, 0.1) is 5.54 Å². The van der Waals surface area contributed by atoms with Gasteiger partial charge in [-0.15, -0.1) is 0 Å². The van der Waals surface area contributed by atoms with Gasteiger partial charge in [0.25, 0.3) is 0 Å². The molecule has 0 amide bonds. The number of aldehydes is 1. The van der Waals surface area contributed by atoms with Crippen LogP contribution in [0.2, 0.25) is 0 Å². The Kier molecular flexibility index (Phi) is 2.61. The molecule has 1 aromatic rings. The van der Waals surface area contributed by atoms with Crippen molar-refractivity contribution in [2.45, 2.75) is 18.9 Å². The molecule has 0 saturated carbocycles. The zero-order valence-electron chi connectivity index (χ0n) is 7.16. The van der Waals surface area contributed by atoms with Crippen molar-refractivity contribution in [1.82, 2.24) is 0 Å². The highest BCUT2D eigenvalue weighted by Crippen LogP contribution is 2.18. The molecule has 2 nitrogen and oxygen atoms in total. The summed E-state index contributed by atoms with van der Waals surface area (Å²) >= 11 is 0. The maximum atomic E-state index is 10.7. The Morgan fingerprint density at radius 1 is 1.42 bits per heavy atom. The number of carbonyl (C=O) groups is 1. The lowest BCUT2D eigenvalue weighted by molar-refractivity contribution is -0.112. The Morgan fingerprint density at radius 2 is 2.00 bits per heavy atom. The fraction of sp³-hybridized carbons (Fsp3) is 0.300. The molecule has 0 heterocycles. The Labute approximate surface area is 72.4 Å². The van der Waals surface area contributed by atoms with Gasteiger partial charge < -0.3 is 10.5 Å². The Balaban J connectivity index is 3.03. The summed E-state index contributed by atoms with van der Waals surface area (Å²) < 4.78 is 0. The highest BCUT2D eigenvalue weighted by Gasteiger charge is 2.23. The minimum atomic E-state index is -0.804. The van der Waals surface area contributed by atoms with Crippen molar-refractivity contribution in [2.24, 2.45) is 5.73 Å². The number of carbonyl (C=O) groups excluding carboxylic acids is 1. The van der Waals surface area contributed by atoms with Crippen LogP contribution in [0.3, 0.4) is 0 Å². The summed E-state index contributed by atoms with van der Waals surface area (Å²) in [4.78, 5) is 10.7. The molecule has 0 aliphatic carbocycles. The van der Waals surface area contributed by atoms with Crippen LogP contribution < -0.4 is 5.73 Å². The lowest BCUT2D eigenvalue weighted by Gasteiger charge is -2.20. The first-order chi connectivity index (χ1) is 5.73. The Morgan fingerprint density at radius 3 is 2.42 bits per heavy atom. The quantitative estimate of drug-likeness (QED) is 0.685. The van der Waals surface area contributed by atoms with Crippen molar-refractivity contribution in [3.05, 3.63) is 35.9 Å². The molecule has 0 saturated heterocycles. The second-order valence-electron chi connectivity index (χ2n) is 2.88. The second-order valence-corrected chi connectivity index (χ2v) is 2.88. The van der Waals surface area contributed by atoms with E-state index in [-0.39, 0.29) is 0 Å². The van der Waals surface area contributed by atoms with E-state index >= 15 is 0 Å². The van der Waals surface area contributed by atoms with Crippen LogP contribution in [0.1, 0.15) is 18.9 Å². The molecule has 1 aromatic carbocycles. The van der Waals surface area contributed by atoms with Crippen LogP contribution in [0, 0.1) is 0 Å². The first-order valence-corrected chi connectivity index (χ1v) is 4.03. The van der Waals surface area contributed by atoms with Gasteiger partial charge in [0, 0.05) is 0 Å². The SMILES string of the molecule is CC[C@@](N)(C=O)c1ccccc1. The summed E-state index contributed by atoms with van der Waals surface area (Å²) in [6, 6.07) is 9.42. The van der Waals surface area contributed by atoms with E-state index in [2.05, 4.69) is 0 Å². The van der Waals surface area contributed by atoms with Gasteiger partial charge in [-0.2, -0.15) is 0 Å². The van der Waals surface area contributed by atoms with E-state index < -0.39 is 5.54 Å². The minimum Gasteiger partial charge on any atom is -0.316 e. The molecular weight excluding hydrogens is 150 g/mol. The summed E-state index contributed by atoms with van der Waals surface area (Å²) in [5, 5.41) is 0. The van der Waals surface area contributed by atoms with E-state index in [0.29, 0.717) is 6.42 Å². The first-order valence-electron chi connectivity index (χ1n) is 4.03. The van der Waals surface area contributed by atoms with Gasteiger partial charge in [-0.25, -0.2) is 0 Å². The zero-order chi connectivity index (χ0) is 9.03. The van der Waals surface area contributed by atoms with Gasteiger partial charge in [0.2, 0.25) is 0 Å². The van der Waals surface area contributed by atoms with Crippen LogP contribution in [0.4, 0.5) is 0 Å². The maximum Gasteiger partial charge on any atom is 0.144 e. The van der Waals surface area contributed by atoms with Crippen LogP contribution in [-0.4, -0.2) is 6.29 Å². The van der Waals surface area contributed by atoms with Crippen LogP contribution in [0.25, 0.3) is 0 Å². The van der Waals surface area contributed by atoms with E-state index in [1.807, 2.05) is 37.3 Å². The third-order valence-corrected chi connectivity index (χ3v) is 2.11. The summed E-state index contributed by atoms with van der Waals surface area (Å²) in [6.45, 7) is 1.90. The number of hydrogen-bond donors (Lipinski definition) is 1. The van der Waals surface area contributed by atoms with Crippen molar-refractivity contribution >= 4 is 6.29 Å². The Hall–Kier alpha value is -1.15. The molecule has 1 atom stereocenters. The fourth-order valence-corrected chi connectivity index (χ4v) is 1.10. The zero-order valence-corrected chi connectivity index (χ0v) is 7.16. The molecular formula is C10H13NO. The maximum absolute atomic E-state index is 10.7. The largest absolute Gasteiger partial charge is 0.316 e. The fourth-order valence-electron chi connectivity index (χ4n) is 1.10. The Bertz CT molecular complexity index is 258. The van der Waals surface area contributed by atoms with E-state index in [9.17, 15) is 4.79 Å². The van der Waals surface area contributed by atoms with Crippen LogP contribution in [0.15, 0.2) is 30.3 Å². The van der Waals surface area contributed by atoms with Crippen molar-refractivity contribution in [3.8, 4) is 0 Å². The summed E-state index contributed by atoms with van der Waals surface area (Å²) in [5.41, 5.74) is 5.92. The molecule has 1 rings (SSSR count). The lowest BCUT2D eigenvalue weighted by Crippen LogP contribution is -2.37. The summed E-state index contributed by atoms with van der Waals surface area (Å²) in [6.07, 6.45) is 1.43. The third-order valence-electron chi connectivity index (χ3n) is 2.11. The van der Waals surface area contributed by atoms with Gasteiger partial charge in [0.1, 0.15) is 6.29 Å². The van der Waals surface area contributed by atoms with Gasteiger partial charge in [-0.3, -0.25) is 0 Å². The third kappa shape index (κ3) is 1.53. The van der Waals surface area contributed by atoms with E-state index in [1.54, 1.807) is 0 Å².